The van der Waals surface area contributed by atoms with Gasteiger partial charge in [-0.05, 0) is 207 Å². The number of hydrogen-bond donors (Lipinski definition) is 6. The second-order valence-corrected chi connectivity index (χ2v) is 32.6. The van der Waals surface area contributed by atoms with Crippen LogP contribution in [0.15, 0.2) is 54.0 Å². The van der Waals surface area contributed by atoms with Gasteiger partial charge < -0.3 is 44.6 Å². The van der Waals surface area contributed by atoms with Crippen LogP contribution in [-0.4, -0.2) is 91.6 Å². The van der Waals surface area contributed by atoms with Crippen LogP contribution in [0, 0.1) is 55.7 Å². The molecule has 84 heavy (non-hydrogen) atoms. The van der Waals surface area contributed by atoms with Crippen LogP contribution in [0.1, 0.15) is 240 Å². The minimum absolute atomic E-state index is 0.106. The van der Waals surface area contributed by atoms with Gasteiger partial charge in [0.1, 0.15) is 11.9 Å². The zero-order valence-corrected chi connectivity index (χ0v) is 51.8. The highest BCUT2D eigenvalue weighted by Gasteiger charge is 2.84. The number of Topliss-reactive ketones (excluding diaryl/α,β-unsaturated/α-hetero) is 2. The van der Waals surface area contributed by atoms with Gasteiger partial charge in [-0.15, -0.1) is 0 Å². The molecule has 3 aliphatic heterocycles. The molecule has 12 aliphatic rings. The monoisotopic (exact) mass is 1140 g/mol. The normalized spacial score (nSPS) is 42.0. The molecule has 3 aromatic heterocycles. The number of nitrogens with one attached hydrogen (secondary N) is 3. The highest BCUT2D eigenvalue weighted by Crippen LogP contribution is 2.88. The Kier molecular flexibility index (Phi) is 12.3. The number of ether oxygens (including phenoxy) is 2. The smallest absolute Gasteiger partial charge is 0.160 e. The fraction of sp³-hybridized carbons (Fsp3) is 0.726. The molecule has 9 aliphatic carbocycles. The number of nitrogens with zero attached hydrogens (tertiary/aromatic N) is 1. The summed E-state index contributed by atoms with van der Waals surface area (Å²) >= 11 is 0. The van der Waals surface area contributed by atoms with Crippen molar-refractivity contribution in [2.75, 3.05) is 20.3 Å². The first-order valence-corrected chi connectivity index (χ1v) is 34.0. The van der Waals surface area contributed by atoms with Gasteiger partial charge >= 0.3 is 0 Å². The average Bonchev–Trinajstić information content (AvgIpc) is 1.08. The number of carbonyl (C=O) groups is 2. The van der Waals surface area contributed by atoms with E-state index in [9.17, 15) is 10.2 Å². The Morgan fingerprint density at radius 3 is 2.38 bits per heavy atom. The Balaban J connectivity index is 0.902. The van der Waals surface area contributed by atoms with E-state index in [-0.39, 0.29) is 46.5 Å². The number of epoxide rings is 1. The Morgan fingerprint density at radius 2 is 1.63 bits per heavy atom. The SMILES string of the molecule is CNC1CCCC2(C1)C(=O)C1c3cc[nH]c3C3CCC1(C3)C1(C)C2C2(CCCC2)CC2(C)C1C(O)C1Cn3cc(Cc4cc(C5CCCCC5)cc(C5(O)CCOCC5)c4)c4[nH]cc(c43)CCC(C)(CC(O)C3OC3(C)C)C3=C1C2(C)CC3=O. The van der Waals surface area contributed by atoms with Crippen LogP contribution in [-0.2, 0) is 44.1 Å². The number of aromatic nitrogens is 3. The molecule has 15 unspecified atom stereocenters. The molecule has 15 atom stereocenters. The van der Waals surface area contributed by atoms with Crippen molar-refractivity contribution in [3.05, 3.63) is 93.1 Å². The van der Waals surface area contributed by atoms with Crippen molar-refractivity contribution in [3.8, 4) is 0 Å². The van der Waals surface area contributed by atoms with Crippen molar-refractivity contribution < 1.29 is 34.4 Å². The number of fused-ring (bicyclic) bond motifs is 10. The molecule has 9 fully saturated rings. The van der Waals surface area contributed by atoms with Gasteiger partial charge in [-0.1, -0.05) is 84.4 Å². The van der Waals surface area contributed by atoms with Gasteiger partial charge in [0.25, 0.3) is 0 Å². The number of H-pyrrole nitrogens is 2. The van der Waals surface area contributed by atoms with E-state index >= 15 is 14.7 Å². The summed E-state index contributed by atoms with van der Waals surface area (Å²) in [5.41, 5.74) is 8.34. The van der Waals surface area contributed by atoms with Crippen molar-refractivity contribution in [1.29, 1.82) is 0 Å². The largest absolute Gasteiger partial charge is 0.392 e. The molecular formula is C73H98N4O7. The molecule has 2 saturated heterocycles. The summed E-state index contributed by atoms with van der Waals surface area (Å²) in [6, 6.07) is 9.63. The summed E-state index contributed by atoms with van der Waals surface area (Å²) < 4.78 is 14.6. The van der Waals surface area contributed by atoms with Gasteiger partial charge in [-0.2, -0.15) is 0 Å². The first-order chi connectivity index (χ1) is 40.2. The first kappa shape index (κ1) is 55.5. The summed E-state index contributed by atoms with van der Waals surface area (Å²) in [5, 5.41) is 43.7. The van der Waals surface area contributed by atoms with E-state index in [0.717, 1.165) is 100 Å². The highest BCUT2D eigenvalue weighted by atomic mass is 16.6. The van der Waals surface area contributed by atoms with Gasteiger partial charge in [-0.3, -0.25) is 9.59 Å². The van der Waals surface area contributed by atoms with Gasteiger partial charge in [0.05, 0.1) is 40.4 Å². The van der Waals surface area contributed by atoms with E-state index in [0.29, 0.717) is 75.9 Å². The molecule has 452 valence electrons. The molecule has 6 N–H and O–H groups in total. The lowest BCUT2D eigenvalue weighted by molar-refractivity contribution is -0.308. The van der Waals surface area contributed by atoms with Gasteiger partial charge in [0, 0.05) is 98.1 Å². The van der Waals surface area contributed by atoms with Crippen LogP contribution >= 0.6 is 0 Å². The number of aliphatic hydroxyl groups is 3. The maximum atomic E-state index is 16.9. The number of aryl methyl sites for hydroxylation is 1. The van der Waals surface area contributed by atoms with E-state index in [1.165, 1.54) is 76.7 Å². The Bertz CT molecular complexity index is 3380. The summed E-state index contributed by atoms with van der Waals surface area (Å²) in [7, 11) is 2.12. The standard InChI is InChI=1S/C73H98N4O7/c1-65(2)63(84-65)53(79)36-66(3)23-17-45-38-76-58-47(31-42-30-46(43-14-9-8-10-15-43)33-48(32-42)73(82)25-28-83-29-26-73)39-77(59(45)58)40-51-54-56(66)52(78)37-67(54,4)68(5)41-70(20-11-12-21-70)64-69(6,61(68)60(51)80)72-24-18-44(34-72)57-50(19-27-75-57)55(72)62(81)71(64)22-13-16-49(35-71)74-7/h19,27,30,32-33,38-39,43-44,49,51,53,55,60-61,63-64,74-76,79-80,82H,8-18,20-26,28-29,31,34-37,40-41H2,1-7H3. The van der Waals surface area contributed by atoms with Crippen molar-refractivity contribution >= 4 is 22.6 Å². The third kappa shape index (κ3) is 7.32. The molecule has 3 spiro atoms. The fourth-order valence-electron chi connectivity index (χ4n) is 25.0. The third-order valence-electron chi connectivity index (χ3n) is 28.3. The van der Waals surface area contributed by atoms with E-state index in [1.54, 1.807) is 0 Å². The molecule has 16 rings (SSSR count). The lowest BCUT2D eigenvalue weighted by Gasteiger charge is -2.80. The van der Waals surface area contributed by atoms with Gasteiger partial charge in [0.15, 0.2) is 5.78 Å². The number of benzene rings is 1. The van der Waals surface area contributed by atoms with Crippen molar-refractivity contribution in [2.24, 2.45) is 55.7 Å². The van der Waals surface area contributed by atoms with Crippen LogP contribution in [0.5, 0.6) is 0 Å². The molecule has 6 heterocycles. The number of aliphatic hydroxyl groups excluding tert-OH is 2. The van der Waals surface area contributed by atoms with Crippen molar-refractivity contribution in [2.45, 2.75) is 255 Å². The topological polar surface area (TPSA) is 165 Å². The maximum Gasteiger partial charge on any atom is 0.160 e. The molecule has 2 bridgehead atoms. The summed E-state index contributed by atoms with van der Waals surface area (Å²) in [4.78, 5) is 40.8. The quantitative estimate of drug-likeness (QED) is 0.0949. The predicted octanol–water partition coefficient (Wildman–Crippen LogP) is 13.1. The molecule has 4 aromatic rings. The minimum Gasteiger partial charge on any atom is -0.392 e. The molecule has 11 heteroatoms. The Labute approximate surface area is 499 Å². The fourth-order valence-corrected chi connectivity index (χ4v) is 25.0. The lowest BCUT2D eigenvalue weighted by Crippen LogP contribution is -2.78. The van der Waals surface area contributed by atoms with Crippen molar-refractivity contribution in [3.63, 3.8) is 0 Å². The van der Waals surface area contributed by atoms with Gasteiger partial charge in [-0.25, -0.2) is 0 Å². The van der Waals surface area contributed by atoms with E-state index in [2.05, 4.69) is 111 Å². The number of aromatic amines is 2. The first-order valence-electron chi connectivity index (χ1n) is 34.0. The number of ketones is 2. The van der Waals surface area contributed by atoms with E-state index < -0.39 is 56.4 Å². The summed E-state index contributed by atoms with van der Waals surface area (Å²) in [6.07, 6.45) is 27.4. The Hall–Kier alpha value is -3.84. The van der Waals surface area contributed by atoms with Crippen LogP contribution in [0.2, 0.25) is 0 Å². The second-order valence-electron chi connectivity index (χ2n) is 32.6. The highest BCUT2D eigenvalue weighted by molar-refractivity contribution is 6.02. The van der Waals surface area contributed by atoms with E-state index in [4.69, 9.17) is 9.47 Å². The van der Waals surface area contributed by atoms with Crippen LogP contribution < -0.4 is 5.32 Å². The molecule has 1 aromatic carbocycles. The zero-order chi connectivity index (χ0) is 57.9. The number of carbonyl (C=O) groups excluding carboxylic acids is 2. The van der Waals surface area contributed by atoms with Crippen LogP contribution in [0.25, 0.3) is 11.0 Å². The number of hydrogen-bond acceptors (Lipinski definition) is 8. The Morgan fingerprint density at radius 1 is 0.857 bits per heavy atom. The van der Waals surface area contributed by atoms with Crippen LogP contribution in [0.4, 0.5) is 0 Å². The lowest BCUT2D eigenvalue weighted by atomic mass is 9.23. The summed E-state index contributed by atoms with van der Waals surface area (Å²) in [6.45, 7) is 15.9. The summed E-state index contributed by atoms with van der Waals surface area (Å²) in [5.74, 6) is 0.834. The molecular weight excluding hydrogens is 1040 g/mol. The average molecular weight is 1140 g/mol. The molecule has 11 nitrogen and oxygen atoms in total. The minimum atomic E-state index is -0.929. The molecule has 0 amide bonds. The number of rotatable bonds is 8. The van der Waals surface area contributed by atoms with Crippen molar-refractivity contribution in [1.82, 2.24) is 19.9 Å². The number of allylic oxidation sites excluding steroid dienone is 1. The molecule has 7 saturated carbocycles. The van der Waals surface area contributed by atoms with Gasteiger partial charge in [0.2, 0.25) is 0 Å². The third-order valence-corrected chi connectivity index (χ3v) is 28.3. The predicted molar refractivity (Wildman–Crippen MR) is 326 cm³/mol. The second kappa shape index (κ2) is 18.6. The van der Waals surface area contributed by atoms with Crippen LogP contribution in [0.3, 0.4) is 0 Å². The maximum absolute atomic E-state index is 16.9. The van der Waals surface area contributed by atoms with E-state index in [1.807, 2.05) is 0 Å². The zero-order valence-electron chi connectivity index (χ0n) is 51.8. The molecule has 0 radical (unpaired) electrons.